The Bertz CT molecular complexity index is 444. The van der Waals surface area contributed by atoms with Crippen molar-refractivity contribution < 1.29 is 9.90 Å². The lowest BCUT2D eigenvalue weighted by molar-refractivity contribution is -0.142. The van der Waals surface area contributed by atoms with Gasteiger partial charge in [-0.15, -0.1) is 0 Å². The van der Waals surface area contributed by atoms with Gasteiger partial charge in [-0.3, -0.25) is 9.69 Å². The van der Waals surface area contributed by atoms with Crippen molar-refractivity contribution in [2.75, 3.05) is 6.54 Å². The van der Waals surface area contributed by atoms with Gasteiger partial charge < -0.3 is 5.11 Å². The lowest BCUT2D eigenvalue weighted by Gasteiger charge is -2.25. The minimum atomic E-state index is -0.729. The van der Waals surface area contributed by atoms with E-state index in [1.165, 1.54) is 11.1 Å². The summed E-state index contributed by atoms with van der Waals surface area (Å²) >= 11 is 0. The van der Waals surface area contributed by atoms with Gasteiger partial charge in [-0.2, -0.15) is 0 Å². The average Bonchev–Trinajstić information content (AvgIpc) is 2.70. The monoisotopic (exact) mass is 247 g/mol. The van der Waals surface area contributed by atoms with Crippen LogP contribution < -0.4 is 0 Å². The Morgan fingerprint density at radius 1 is 1.44 bits per heavy atom. The topological polar surface area (TPSA) is 40.5 Å². The van der Waals surface area contributed by atoms with Crippen LogP contribution in [0.15, 0.2) is 24.3 Å². The summed E-state index contributed by atoms with van der Waals surface area (Å²) in [6, 6.07) is 8.35. The van der Waals surface area contributed by atoms with E-state index in [0.717, 1.165) is 13.0 Å². The zero-order valence-corrected chi connectivity index (χ0v) is 11.3. The molecule has 98 valence electrons. The van der Waals surface area contributed by atoms with Crippen molar-refractivity contribution in [3.63, 3.8) is 0 Å². The summed E-state index contributed by atoms with van der Waals surface area (Å²) in [6.45, 7) is 6.87. The van der Waals surface area contributed by atoms with Crippen molar-refractivity contribution in [3.8, 4) is 0 Å². The van der Waals surface area contributed by atoms with Crippen molar-refractivity contribution in [3.05, 3.63) is 35.4 Å². The molecular weight excluding hydrogens is 226 g/mol. The molecule has 0 bridgehead atoms. The third-order valence-corrected chi connectivity index (χ3v) is 4.11. The van der Waals surface area contributed by atoms with Gasteiger partial charge in [-0.25, -0.2) is 0 Å². The summed E-state index contributed by atoms with van der Waals surface area (Å²) in [5.41, 5.74) is 2.67. The minimum absolute atomic E-state index is 0.334. The second kappa shape index (κ2) is 5.11. The van der Waals surface area contributed by atoms with Crippen LogP contribution in [0.3, 0.4) is 0 Å². The molecule has 0 radical (unpaired) electrons. The molecule has 0 unspecified atom stereocenters. The molecule has 1 saturated heterocycles. The normalized spacial score (nSPS) is 26.2. The highest BCUT2D eigenvalue weighted by Crippen LogP contribution is 2.34. The van der Waals surface area contributed by atoms with Crippen LogP contribution in [-0.2, 0) is 4.79 Å². The molecule has 3 nitrogen and oxygen atoms in total. The van der Waals surface area contributed by atoms with Gasteiger partial charge in [0.1, 0.15) is 6.04 Å². The van der Waals surface area contributed by atoms with E-state index < -0.39 is 12.0 Å². The number of aliphatic carboxylic acids is 1. The molecule has 0 aromatic heterocycles. The van der Waals surface area contributed by atoms with Crippen LogP contribution >= 0.6 is 0 Å². The summed E-state index contributed by atoms with van der Waals surface area (Å²) in [6.07, 6.45) is 1.04. The Morgan fingerprint density at radius 3 is 2.72 bits per heavy atom. The SMILES string of the molecule is Cc1ccccc1[C@@H]1C[C@H](C)N([C@@H](C)C(=O)O)C1. The summed E-state index contributed by atoms with van der Waals surface area (Å²) in [7, 11) is 0. The van der Waals surface area contributed by atoms with Gasteiger partial charge in [0.25, 0.3) is 0 Å². The predicted molar refractivity (Wildman–Crippen MR) is 71.8 cm³/mol. The van der Waals surface area contributed by atoms with E-state index in [1.54, 1.807) is 6.92 Å². The van der Waals surface area contributed by atoms with Crippen molar-refractivity contribution in [1.29, 1.82) is 0 Å². The maximum atomic E-state index is 11.1. The van der Waals surface area contributed by atoms with Crippen LogP contribution in [0, 0.1) is 6.92 Å². The van der Waals surface area contributed by atoms with Crippen LogP contribution in [0.25, 0.3) is 0 Å². The Balaban J connectivity index is 2.16. The first-order valence-electron chi connectivity index (χ1n) is 6.54. The Morgan fingerprint density at radius 2 is 2.11 bits per heavy atom. The maximum Gasteiger partial charge on any atom is 0.320 e. The van der Waals surface area contributed by atoms with Crippen LogP contribution in [0.5, 0.6) is 0 Å². The van der Waals surface area contributed by atoms with Gasteiger partial charge in [-0.1, -0.05) is 24.3 Å². The molecule has 2 rings (SSSR count). The molecule has 1 aliphatic heterocycles. The molecular formula is C15H21NO2. The van der Waals surface area contributed by atoms with Crippen molar-refractivity contribution in [2.24, 2.45) is 0 Å². The van der Waals surface area contributed by atoms with E-state index in [-0.39, 0.29) is 0 Å². The molecule has 0 saturated carbocycles. The maximum absolute atomic E-state index is 11.1. The molecule has 0 amide bonds. The van der Waals surface area contributed by atoms with E-state index in [1.807, 2.05) is 0 Å². The number of carboxylic acid groups (broad SMARTS) is 1. The summed E-state index contributed by atoms with van der Waals surface area (Å²) in [5, 5.41) is 9.13. The Kier molecular flexibility index (Phi) is 3.71. The molecule has 1 aliphatic rings. The van der Waals surface area contributed by atoms with E-state index in [4.69, 9.17) is 5.11 Å². The number of aryl methyl sites for hydroxylation is 1. The summed E-state index contributed by atoms with van der Waals surface area (Å²) in [4.78, 5) is 13.2. The van der Waals surface area contributed by atoms with Gasteiger partial charge in [0.2, 0.25) is 0 Å². The number of carboxylic acids is 1. The quantitative estimate of drug-likeness (QED) is 0.892. The minimum Gasteiger partial charge on any atom is -0.480 e. The average molecular weight is 247 g/mol. The van der Waals surface area contributed by atoms with E-state index in [9.17, 15) is 4.79 Å². The fourth-order valence-electron chi connectivity index (χ4n) is 3.01. The fourth-order valence-corrected chi connectivity index (χ4v) is 3.01. The molecule has 3 heteroatoms. The first kappa shape index (κ1) is 13.1. The molecule has 0 spiro atoms. The molecule has 1 N–H and O–H groups in total. The molecule has 18 heavy (non-hydrogen) atoms. The largest absolute Gasteiger partial charge is 0.480 e. The van der Waals surface area contributed by atoms with E-state index >= 15 is 0 Å². The highest BCUT2D eigenvalue weighted by atomic mass is 16.4. The number of hydrogen-bond donors (Lipinski definition) is 1. The third kappa shape index (κ3) is 2.41. The first-order valence-corrected chi connectivity index (χ1v) is 6.54. The smallest absolute Gasteiger partial charge is 0.320 e. The van der Waals surface area contributed by atoms with Gasteiger partial charge >= 0.3 is 5.97 Å². The van der Waals surface area contributed by atoms with Gasteiger partial charge in [0.15, 0.2) is 0 Å². The molecule has 1 aromatic rings. The fraction of sp³-hybridized carbons (Fsp3) is 0.533. The second-order valence-corrected chi connectivity index (χ2v) is 5.35. The Labute approximate surface area is 108 Å². The predicted octanol–water partition coefficient (Wildman–Crippen LogP) is 2.65. The first-order chi connectivity index (χ1) is 8.50. The molecule has 3 atom stereocenters. The van der Waals surface area contributed by atoms with Crippen LogP contribution in [-0.4, -0.2) is 34.6 Å². The Hall–Kier alpha value is -1.35. The zero-order valence-electron chi connectivity index (χ0n) is 11.3. The second-order valence-electron chi connectivity index (χ2n) is 5.35. The summed E-state index contributed by atoms with van der Waals surface area (Å²) < 4.78 is 0. The van der Waals surface area contributed by atoms with Crippen LogP contribution in [0.4, 0.5) is 0 Å². The van der Waals surface area contributed by atoms with E-state index in [2.05, 4.69) is 43.0 Å². The van der Waals surface area contributed by atoms with Crippen LogP contribution in [0.1, 0.15) is 37.3 Å². The molecule has 1 aromatic carbocycles. The lowest BCUT2D eigenvalue weighted by Crippen LogP contribution is -2.41. The summed E-state index contributed by atoms with van der Waals surface area (Å²) in [5.74, 6) is -0.268. The van der Waals surface area contributed by atoms with Crippen molar-refractivity contribution >= 4 is 5.97 Å². The number of hydrogen-bond acceptors (Lipinski definition) is 2. The number of carbonyl (C=O) groups is 1. The van der Waals surface area contributed by atoms with Gasteiger partial charge in [0.05, 0.1) is 0 Å². The van der Waals surface area contributed by atoms with Gasteiger partial charge in [-0.05, 0) is 44.2 Å². The number of likely N-dealkylation sites (tertiary alicyclic amines) is 1. The van der Waals surface area contributed by atoms with Crippen LogP contribution in [0.2, 0.25) is 0 Å². The standard InChI is InChI=1S/C15H21NO2/c1-10-6-4-5-7-14(10)13-8-11(2)16(9-13)12(3)15(17)18/h4-7,11-13H,8-9H2,1-3H3,(H,17,18)/t11-,12-,13+/m0/s1. The van der Waals surface area contributed by atoms with Crippen molar-refractivity contribution in [2.45, 2.75) is 45.2 Å². The number of nitrogens with zero attached hydrogens (tertiary/aromatic N) is 1. The van der Waals surface area contributed by atoms with E-state index in [0.29, 0.717) is 12.0 Å². The number of rotatable bonds is 3. The molecule has 1 fully saturated rings. The van der Waals surface area contributed by atoms with Crippen molar-refractivity contribution in [1.82, 2.24) is 4.90 Å². The highest BCUT2D eigenvalue weighted by molar-refractivity contribution is 5.73. The highest BCUT2D eigenvalue weighted by Gasteiger charge is 2.35. The molecule has 0 aliphatic carbocycles. The third-order valence-electron chi connectivity index (χ3n) is 4.11. The lowest BCUT2D eigenvalue weighted by atomic mass is 9.93. The van der Waals surface area contributed by atoms with Gasteiger partial charge in [0, 0.05) is 12.6 Å². The molecule has 1 heterocycles. The number of benzene rings is 1. The zero-order chi connectivity index (χ0) is 13.3.